The zero-order valence-electron chi connectivity index (χ0n) is 12.7. The van der Waals surface area contributed by atoms with Gasteiger partial charge in [0.2, 0.25) is 0 Å². The van der Waals surface area contributed by atoms with Gasteiger partial charge in [-0.2, -0.15) is 0 Å². The fourth-order valence-corrected chi connectivity index (χ4v) is 2.10. The minimum absolute atomic E-state index is 0.0339. The Morgan fingerprint density at radius 2 is 2.00 bits per heavy atom. The van der Waals surface area contributed by atoms with Gasteiger partial charge in [0.1, 0.15) is 12.4 Å². The first-order chi connectivity index (χ1) is 10.3. The predicted molar refractivity (Wildman–Crippen MR) is 85.5 cm³/mol. The van der Waals surface area contributed by atoms with Gasteiger partial charge in [0.25, 0.3) is 0 Å². The molecule has 2 rings (SSSR count). The molecule has 0 bridgehead atoms. The van der Waals surface area contributed by atoms with Gasteiger partial charge in [-0.25, -0.2) is 9.97 Å². The summed E-state index contributed by atoms with van der Waals surface area (Å²) < 4.78 is 6.00. The summed E-state index contributed by atoms with van der Waals surface area (Å²) in [6.45, 7) is 5.13. The Morgan fingerprint density at radius 1 is 1.19 bits per heavy atom. The summed E-state index contributed by atoms with van der Waals surface area (Å²) in [6.07, 6.45) is 6.79. The van der Waals surface area contributed by atoms with Crippen LogP contribution in [0.3, 0.4) is 0 Å². The minimum atomic E-state index is -0.0339. The lowest BCUT2D eigenvalue weighted by Crippen LogP contribution is -2.09. The van der Waals surface area contributed by atoms with E-state index in [1.54, 1.807) is 12.5 Å². The van der Waals surface area contributed by atoms with Crippen LogP contribution in [-0.4, -0.2) is 16.5 Å². The van der Waals surface area contributed by atoms with Crippen LogP contribution in [0.15, 0.2) is 42.9 Å². The van der Waals surface area contributed by atoms with Crippen molar-refractivity contribution in [2.45, 2.75) is 39.2 Å². The van der Waals surface area contributed by atoms with Gasteiger partial charge in [0.15, 0.2) is 11.6 Å². The number of anilines is 1. The molecule has 1 N–H and O–H groups in total. The molecule has 1 aromatic carbocycles. The summed E-state index contributed by atoms with van der Waals surface area (Å²) in [5, 5.41) is 3.33. The molecule has 0 aliphatic rings. The molecule has 0 aliphatic carbocycles. The first-order valence-electron chi connectivity index (χ1n) is 7.56. The number of rotatable bonds is 8. The summed E-state index contributed by atoms with van der Waals surface area (Å²) in [4.78, 5) is 8.34. The Labute approximate surface area is 126 Å². The Morgan fingerprint density at radius 3 is 2.76 bits per heavy atom. The quantitative estimate of drug-likeness (QED) is 0.738. The smallest absolute Gasteiger partial charge is 0.180 e. The molecule has 21 heavy (non-hydrogen) atoms. The zero-order valence-corrected chi connectivity index (χ0v) is 12.7. The average molecular weight is 285 g/mol. The van der Waals surface area contributed by atoms with Crippen LogP contribution >= 0.6 is 0 Å². The largest absolute Gasteiger partial charge is 0.481 e. The highest BCUT2D eigenvalue weighted by Crippen LogP contribution is 2.26. The highest BCUT2D eigenvalue weighted by Gasteiger charge is 2.11. The number of nitrogens with one attached hydrogen (secondary N) is 1. The molecule has 1 unspecified atom stereocenters. The van der Waals surface area contributed by atoms with Gasteiger partial charge in [-0.05, 0) is 18.9 Å². The van der Waals surface area contributed by atoms with Crippen molar-refractivity contribution in [2.24, 2.45) is 0 Å². The van der Waals surface area contributed by atoms with Crippen molar-refractivity contribution < 1.29 is 4.74 Å². The van der Waals surface area contributed by atoms with E-state index >= 15 is 0 Å². The van der Waals surface area contributed by atoms with E-state index in [9.17, 15) is 0 Å². The second-order valence-corrected chi connectivity index (χ2v) is 5.04. The van der Waals surface area contributed by atoms with E-state index in [2.05, 4.69) is 34.3 Å². The van der Waals surface area contributed by atoms with Crippen LogP contribution in [0.4, 0.5) is 5.82 Å². The van der Waals surface area contributed by atoms with Crippen molar-refractivity contribution in [3.63, 3.8) is 0 Å². The third kappa shape index (κ3) is 4.74. The number of hydrogen-bond donors (Lipinski definition) is 1. The summed E-state index contributed by atoms with van der Waals surface area (Å²) >= 11 is 0. The summed E-state index contributed by atoms with van der Waals surface area (Å²) in [6, 6.07) is 10.1. The van der Waals surface area contributed by atoms with Gasteiger partial charge in [-0.15, -0.1) is 0 Å². The second kappa shape index (κ2) is 8.25. The van der Waals surface area contributed by atoms with Crippen LogP contribution in [0, 0.1) is 0 Å². The maximum Gasteiger partial charge on any atom is 0.180 e. The summed E-state index contributed by atoms with van der Waals surface area (Å²) in [7, 11) is 0. The second-order valence-electron chi connectivity index (χ2n) is 5.04. The van der Waals surface area contributed by atoms with E-state index in [4.69, 9.17) is 4.74 Å². The molecule has 0 saturated carbocycles. The molecule has 0 fully saturated rings. The molecule has 1 heterocycles. The molecule has 0 saturated heterocycles. The Kier molecular flexibility index (Phi) is 6.00. The van der Waals surface area contributed by atoms with Crippen molar-refractivity contribution in [2.75, 3.05) is 11.9 Å². The van der Waals surface area contributed by atoms with E-state index in [-0.39, 0.29) is 6.10 Å². The highest BCUT2D eigenvalue weighted by atomic mass is 16.5. The lowest BCUT2D eigenvalue weighted by molar-refractivity contribution is 0.226. The lowest BCUT2D eigenvalue weighted by atomic mass is 10.1. The Hall–Kier alpha value is -2.10. The van der Waals surface area contributed by atoms with Crippen molar-refractivity contribution in [1.82, 2.24) is 9.97 Å². The van der Waals surface area contributed by atoms with Gasteiger partial charge in [0.05, 0.1) is 6.20 Å². The standard InChI is InChI=1S/C17H23N3O/c1-3-4-8-11-19-17-16(12-18-13-20-17)21-14(2)15-9-6-5-7-10-15/h5-7,9-10,12-14H,3-4,8,11H2,1-2H3,(H,18,19,20). The number of ether oxygens (including phenoxy) is 1. The van der Waals surface area contributed by atoms with E-state index in [1.165, 1.54) is 12.8 Å². The molecule has 0 radical (unpaired) electrons. The molecule has 0 spiro atoms. The molecule has 2 aromatic rings. The van der Waals surface area contributed by atoms with E-state index < -0.39 is 0 Å². The monoisotopic (exact) mass is 285 g/mol. The Balaban J connectivity index is 1.99. The topological polar surface area (TPSA) is 47.0 Å². The molecule has 1 aromatic heterocycles. The molecular weight excluding hydrogens is 262 g/mol. The molecule has 4 nitrogen and oxygen atoms in total. The zero-order chi connectivity index (χ0) is 14.9. The molecule has 4 heteroatoms. The normalized spacial score (nSPS) is 11.9. The summed E-state index contributed by atoms with van der Waals surface area (Å²) in [5.41, 5.74) is 1.14. The van der Waals surface area contributed by atoms with Gasteiger partial charge in [0, 0.05) is 6.54 Å². The number of aromatic nitrogens is 2. The van der Waals surface area contributed by atoms with Gasteiger partial charge in [-0.3, -0.25) is 0 Å². The van der Waals surface area contributed by atoms with Crippen LogP contribution < -0.4 is 10.1 Å². The predicted octanol–water partition coefficient (Wildman–Crippen LogP) is 4.22. The first kappa shape index (κ1) is 15.3. The van der Waals surface area contributed by atoms with Crippen molar-refractivity contribution in [3.8, 4) is 5.75 Å². The number of benzene rings is 1. The van der Waals surface area contributed by atoms with E-state index in [0.717, 1.165) is 24.3 Å². The molecule has 0 aliphatic heterocycles. The van der Waals surface area contributed by atoms with Gasteiger partial charge >= 0.3 is 0 Å². The minimum Gasteiger partial charge on any atom is -0.481 e. The lowest BCUT2D eigenvalue weighted by Gasteiger charge is -2.17. The molecular formula is C17H23N3O. The van der Waals surface area contributed by atoms with Crippen LogP contribution in [0.2, 0.25) is 0 Å². The molecule has 112 valence electrons. The average Bonchev–Trinajstić information content (AvgIpc) is 2.54. The maximum absolute atomic E-state index is 6.00. The third-order valence-electron chi connectivity index (χ3n) is 3.32. The van der Waals surface area contributed by atoms with E-state index in [0.29, 0.717) is 5.75 Å². The van der Waals surface area contributed by atoms with Gasteiger partial charge < -0.3 is 10.1 Å². The highest BCUT2D eigenvalue weighted by molar-refractivity contribution is 5.48. The van der Waals surface area contributed by atoms with Crippen molar-refractivity contribution in [1.29, 1.82) is 0 Å². The van der Waals surface area contributed by atoms with Crippen LogP contribution in [0.1, 0.15) is 44.8 Å². The third-order valence-corrected chi connectivity index (χ3v) is 3.32. The first-order valence-corrected chi connectivity index (χ1v) is 7.56. The molecule has 1 atom stereocenters. The number of nitrogens with zero attached hydrogens (tertiary/aromatic N) is 2. The van der Waals surface area contributed by atoms with Gasteiger partial charge in [-0.1, -0.05) is 50.1 Å². The van der Waals surface area contributed by atoms with Crippen LogP contribution in [0.5, 0.6) is 5.75 Å². The molecule has 0 amide bonds. The van der Waals surface area contributed by atoms with E-state index in [1.807, 2.05) is 25.1 Å². The SMILES string of the molecule is CCCCCNc1ncncc1OC(C)c1ccccc1. The van der Waals surface area contributed by atoms with Crippen LogP contribution in [0.25, 0.3) is 0 Å². The fraction of sp³-hybridized carbons (Fsp3) is 0.412. The van der Waals surface area contributed by atoms with Crippen LogP contribution in [-0.2, 0) is 0 Å². The number of hydrogen-bond acceptors (Lipinski definition) is 4. The van der Waals surface area contributed by atoms with Crippen molar-refractivity contribution >= 4 is 5.82 Å². The Bertz CT molecular complexity index is 531. The summed E-state index contributed by atoms with van der Waals surface area (Å²) in [5.74, 6) is 1.47. The fourth-order valence-electron chi connectivity index (χ4n) is 2.10. The number of unbranched alkanes of at least 4 members (excludes halogenated alkanes) is 2. The maximum atomic E-state index is 6.00. The van der Waals surface area contributed by atoms with Crippen molar-refractivity contribution in [3.05, 3.63) is 48.4 Å².